The largest absolute Gasteiger partial charge is 0.445 e. The molecule has 1 aliphatic rings. The zero-order valence-electron chi connectivity index (χ0n) is 13.4. The van der Waals surface area contributed by atoms with E-state index < -0.39 is 5.60 Å². The van der Waals surface area contributed by atoms with Crippen molar-refractivity contribution in [1.82, 2.24) is 14.9 Å². The number of fused-ring (bicyclic) bond motifs is 1. The Morgan fingerprint density at radius 2 is 1.96 bits per heavy atom. The van der Waals surface area contributed by atoms with E-state index >= 15 is 0 Å². The molecule has 7 nitrogen and oxygen atoms in total. The number of ether oxygens (including phenoxy) is 1. The first-order valence-electron chi connectivity index (χ1n) is 7.46. The quantitative estimate of drug-likeness (QED) is 0.754. The molecule has 0 atom stereocenters. The van der Waals surface area contributed by atoms with Gasteiger partial charge in [0.25, 0.3) is 0 Å². The zero-order valence-corrected chi connectivity index (χ0v) is 15.0. The van der Waals surface area contributed by atoms with Gasteiger partial charge in [-0.3, -0.25) is 0 Å². The van der Waals surface area contributed by atoms with Crippen molar-refractivity contribution in [2.75, 3.05) is 31.1 Å². The third-order valence-corrected chi connectivity index (χ3v) is 4.12. The number of hydrogen-bond donors (Lipinski definition) is 0. The SMILES string of the molecule is CC(C)(C)OC(=O)N1CCN(c2ncnc3occ(Br)c23)CC1. The molecule has 0 spiro atoms. The number of aromatic nitrogens is 2. The minimum atomic E-state index is -0.477. The second-order valence-electron chi connectivity index (χ2n) is 6.42. The molecular formula is C15H19BrN4O3. The van der Waals surface area contributed by atoms with Gasteiger partial charge in [-0.1, -0.05) is 0 Å². The van der Waals surface area contributed by atoms with Crippen molar-refractivity contribution in [1.29, 1.82) is 0 Å². The van der Waals surface area contributed by atoms with Crippen LogP contribution >= 0.6 is 15.9 Å². The molecule has 23 heavy (non-hydrogen) atoms. The third kappa shape index (κ3) is 3.41. The molecule has 3 rings (SSSR count). The Labute approximate surface area is 142 Å². The van der Waals surface area contributed by atoms with E-state index in [1.54, 1.807) is 11.2 Å². The van der Waals surface area contributed by atoms with Crippen molar-refractivity contribution in [3.8, 4) is 0 Å². The minimum absolute atomic E-state index is 0.269. The van der Waals surface area contributed by atoms with E-state index in [-0.39, 0.29) is 6.09 Å². The van der Waals surface area contributed by atoms with Crippen molar-refractivity contribution in [2.24, 2.45) is 0 Å². The Hall–Kier alpha value is -1.83. The van der Waals surface area contributed by atoms with Gasteiger partial charge in [0, 0.05) is 26.2 Å². The van der Waals surface area contributed by atoms with Gasteiger partial charge in [-0.2, -0.15) is 0 Å². The molecule has 3 heterocycles. The van der Waals surface area contributed by atoms with Crippen LogP contribution in [0, 0.1) is 0 Å². The van der Waals surface area contributed by atoms with Gasteiger partial charge >= 0.3 is 6.09 Å². The molecule has 2 aromatic heterocycles. The summed E-state index contributed by atoms with van der Waals surface area (Å²) in [7, 11) is 0. The fraction of sp³-hybridized carbons (Fsp3) is 0.533. The van der Waals surface area contributed by atoms with Gasteiger partial charge in [0.2, 0.25) is 5.71 Å². The molecule has 1 amide bonds. The van der Waals surface area contributed by atoms with E-state index in [1.807, 2.05) is 20.8 Å². The number of amides is 1. The standard InChI is InChI=1S/C15H19BrN4O3/c1-15(2,3)23-14(21)20-6-4-19(5-7-20)12-11-10(16)8-22-13(11)18-9-17-12/h8-9H,4-7H2,1-3H3. The van der Waals surface area contributed by atoms with Crippen LogP contribution in [-0.2, 0) is 4.74 Å². The monoisotopic (exact) mass is 382 g/mol. The van der Waals surface area contributed by atoms with Gasteiger partial charge in [0.05, 0.1) is 9.86 Å². The zero-order chi connectivity index (χ0) is 16.6. The maximum Gasteiger partial charge on any atom is 0.410 e. The lowest BCUT2D eigenvalue weighted by Crippen LogP contribution is -2.50. The van der Waals surface area contributed by atoms with Gasteiger partial charge in [0.1, 0.15) is 24.0 Å². The molecule has 2 aromatic rings. The highest BCUT2D eigenvalue weighted by Gasteiger charge is 2.27. The van der Waals surface area contributed by atoms with Crippen LogP contribution in [0.5, 0.6) is 0 Å². The summed E-state index contributed by atoms with van der Waals surface area (Å²) in [5, 5.41) is 0.859. The molecule has 1 aliphatic heterocycles. The first-order chi connectivity index (χ1) is 10.8. The predicted molar refractivity (Wildman–Crippen MR) is 89.5 cm³/mol. The van der Waals surface area contributed by atoms with E-state index in [9.17, 15) is 4.79 Å². The van der Waals surface area contributed by atoms with Gasteiger partial charge in [-0.05, 0) is 36.7 Å². The molecule has 0 radical (unpaired) electrons. The molecule has 0 aliphatic carbocycles. The molecule has 8 heteroatoms. The normalized spacial score (nSPS) is 16.0. The Morgan fingerprint density at radius 3 is 2.61 bits per heavy atom. The van der Waals surface area contributed by atoms with Crippen LogP contribution in [0.15, 0.2) is 21.5 Å². The lowest BCUT2D eigenvalue weighted by molar-refractivity contribution is 0.0240. The smallest absolute Gasteiger partial charge is 0.410 e. The Balaban J connectivity index is 1.71. The summed E-state index contributed by atoms with van der Waals surface area (Å²) in [4.78, 5) is 24.5. The molecule has 0 saturated carbocycles. The Bertz CT molecular complexity index is 717. The van der Waals surface area contributed by atoms with Crippen LogP contribution in [0.3, 0.4) is 0 Å². The van der Waals surface area contributed by atoms with Crippen LogP contribution in [0.1, 0.15) is 20.8 Å². The number of hydrogen-bond acceptors (Lipinski definition) is 6. The molecule has 0 bridgehead atoms. The fourth-order valence-electron chi connectivity index (χ4n) is 2.49. The van der Waals surface area contributed by atoms with E-state index in [4.69, 9.17) is 9.15 Å². The van der Waals surface area contributed by atoms with E-state index in [0.717, 1.165) is 15.7 Å². The maximum absolute atomic E-state index is 12.1. The number of nitrogens with zero attached hydrogens (tertiary/aromatic N) is 4. The highest BCUT2D eigenvalue weighted by Crippen LogP contribution is 2.32. The topological polar surface area (TPSA) is 71.7 Å². The van der Waals surface area contributed by atoms with E-state index in [1.165, 1.54) is 6.33 Å². The minimum Gasteiger partial charge on any atom is -0.445 e. The van der Waals surface area contributed by atoms with Crippen molar-refractivity contribution in [2.45, 2.75) is 26.4 Å². The number of halogens is 1. The summed E-state index contributed by atoms with van der Waals surface area (Å²) in [6.45, 7) is 8.16. The van der Waals surface area contributed by atoms with Gasteiger partial charge in [-0.15, -0.1) is 0 Å². The van der Waals surface area contributed by atoms with Crippen LogP contribution in [0.4, 0.5) is 10.6 Å². The summed E-state index contributed by atoms with van der Waals surface area (Å²) >= 11 is 3.47. The average Bonchev–Trinajstić information content (AvgIpc) is 2.87. The molecule has 1 fully saturated rings. The predicted octanol–water partition coefficient (Wildman–Crippen LogP) is 3.04. The number of piperazine rings is 1. The van der Waals surface area contributed by atoms with E-state index in [0.29, 0.717) is 31.9 Å². The summed E-state index contributed by atoms with van der Waals surface area (Å²) in [5.41, 5.74) is 0.0748. The van der Waals surface area contributed by atoms with E-state index in [2.05, 4.69) is 30.8 Å². The molecule has 124 valence electrons. The highest BCUT2D eigenvalue weighted by molar-refractivity contribution is 9.10. The number of rotatable bonds is 1. The van der Waals surface area contributed by atoms with Crippen molar-refractivity contribution >= 4 is 38.9 Å². The van der Waals surface area contributed by atoms with Crippen LogP contribution < -0.4 is 4.90 Å². The van der Waals surface area contributed by atoms with Crippen molar-refractivity contribution in [3.63, 3.8) is 0 Å². The van der Waals surface area contributed by atoms with Gasteiger partial charge in [-0.25, -0.2) is 14.8 Å². The molecule has 1 saturated heterocycles. The number of carbonyl (C=O) groups excluding carboxylic acids is 1. The van der Waals surface area contributed by atoms with Crippen molar-refractivity contribution in [3.05, 3.63) is 17.1 Å². The lowest BCUT2D eigenvalue weighted by atomic mass is 10.2. The van der Waals surface area contributed by atoms with Gasteiger partial charge in [0.15, 0.2) is 0 Å². The summed E-state index contributed by atoms with van der Waals surface area (Å²) < 4.78 is 11.6. The second kappa shape index (κ2) is 5.99. The fourth-order valence-corrected chi connectivity index (χ4v) is 2.93. The average molecular weight is 383 g/mol. The maximum atomic E-state index is 12.1. The van der Waals surface area contributed by atoms with Crippen LogP contribution in [0.2, 0.25) is 0 Å². The number of furan rings is 1. The molecule has 0 unspecified atom stereocenters. The summed E-state index contributed by atoms with van der Waals surface area (Å²) in [5.74, 6) is 0.819. The van der Waals surface area contributed by atoms with Crippen LogP contribution in [-0.4, -0.2) is 52.7 Å². The first-order valence-corrected chi connectivity index (χ1v) is 8.25. The molecular weight excluding hydrogens is 364 g/mol. The Morgan fingerprint density at radius 1 is 1.26 bits per heavy atom. The van der Waals surface area contributed by atoms with Gasteiger partial charge < -0.3 is 19.0 Å². The first kappa shape index (κ1) is 16.0. The number of anilines is 1. The third-order valence-electron chi connectivity index (χ3n) is 3.54. The lowest BCUT2D eigenvalue weighted by Gasteiger charge is -2.36. The molecule has 0 aromatic carbocycles. The van der Waals surface area contributed by atoms with Crippen LogP contribution in [0.25, 0.3) is 11.1 Å². The summed E-state index contributed by atoms with van der Waals surface area (Å²) in [6.07, 6.45) is 2.84. The highest BCUT2D eigenvalue weighted by atomic mass is 79.9. The summed E-state index contributed by atoms with van der Waals surface area (Å²) in [6, 6.07) is 0. The number of carbonyl (C=O) groups is 1. The van der Waals surface area contributed by atoms with Crippen molar-refractivity contribution < 1.29 is 13.9 Å². The second-order valence-corrected chi connectivity index (χ2v) is 7.27. The molecule has 0 N–H and O–H groups in total. The Kier molecular flexibility index (Phi) is 4.18.